The van der Waals surface area contributed by atoms with Crippen molar-refractivity contribution in [3.8, 4) is 0 Å². The lowest BCUT2D eigenvalue weighted by atomic mass is 9.79. The molecule has 1 aliphatic heterocycles. The molecular formula is C9H18N2O. The van der Waals surface area contributed by atoms with Crippen molar-refractivity contribution in [3.63, 3.8) is 0 Å². The van der Waals surface area contributed by atoms with Crippen LogP contribution < -0.4 is 10.8 Å². The third-order valence-corrected chi connectivity index (χ3v) is 3.24. The summed E-state index contributed by atoms with van der Waals surface area (Å²) in [6.07, 6.45) is 3.92. The topological polar surface area (TPSA) is 33.3 Å². The molecule has 12 heavy (non-hydrogen) atoms. The van der Waals surface area contributed by atoms with E-state index in [2.05, 4.69) is 10.8 Å². The van der Waals surface area contributed by atoms with Gasteiger partial charge in [-0.25, -0.2) is 0 Å². The van der Waals surface area contributed by atoms with Gasteiger partial charge < -0.3 is 10.2 Å². The molecule has 3 atom stereocenters. The van der Waals surface area contributed by atoms with Crippen LogP contribution in [0.3, 0.4) is 0 Å². The molecule has 1 saturated heterocycles. The van der Waals surface area contributed by atoms with Crippen LogP contribution in [0.25, 0.3) is 0 Å². The van der Waals surface area contributed by atoms with Gasteiger partial charge in [0, 0.05) is 6.04 Å². The Kier molecular flexibility index (Phi) is 2.63. The van der Waals surface area contributed by atoms with Crippen molar-refractivity contribution in [2.24, 2.45) is 11.8 Å². The maximum absolute atomic E-state index is 4.96. The highest BCUT2D eigenvalue weighted by Crippen LogP contribution is 2.32. The minimum absolute atomic E-state index is 0.594. The van der Waals surface area contributed by atoms with Gasteiger partial charge in [0.1, 0.15) is 0 Å². The molecular weight excluding hydrogens is 152 g/mol. The fraction of sp³-hybridized carbons (Fsp3) is 1.00. The number of hydroxylamine groups is 1. The van der Waals surface area contributed by atoms with Crippen LogP contribution in [0, 0.1) is 11.8 Å². The van der Waals surface area contributed by atoms with E-state index in [0.717, 1.165) is 11.8 Å². The molecule has 2 aliphatic rings. The third-order valence-electron chi connectivity index (χ3n) is 3.24. The van der Waals surface area contributed by atoms with Crippen molar-refractivity contribution in [1.82, 2.24) is 10.8 Å². The lowest BCUT2D eigenvalue weighted by Gasteiger charge is -2.30. The Balaban J connectivity index is 1.84. The molecule has 0 spiro atoms. The zero-order chi connectivity index (χ0) is 8.39. The summed E-state index contributed by atoms with van der Waals surface area (Å²) in [6, 6.07) is 0.594. The summed E-state index contributed by atoms with van der Waals surface area (Å²) in [5.41, 5.74) is 3.07. The third kappa shape index (κ3) is 1.63. The van der Waals surface area contributed by atoms with Gasteiger partial charge in [0.2, 0.25) is 0 Å². The predicted molar refractivity (Wildman–Crippen MR) is 47.6 cm³/mol. The van der Waals surface area contributed by atoms with Gasteiger partial charge in [-0.2, -0.15) is 5.48 Å². The molecule has 3 nitrogen and oxygen atoms in total. The van der Waals surface area contributed by atoms with Crippen molar-refractivity contribution < 1.29 is 4.84 Å². The van der Waals surface area contributed by atoms with Gasteiger partial charge in [-0.05, 0) is 44.2 Å². The van der Waals surface area contributed by atoms with E-state index in [1.165, 1.54) is 32.4 Å². The van der Waals surface area contributed by atoms with E-state index in [1.807, 2.05) is 0 Å². The van der Waals surface area contributed by atoms with Crippen molar-refractivity contribution >= 4 is 0 Å². The smallest absolute Gasteiger partial charge is 0.0572 e. The molecule has 0 aromatic carbocycles. The maximum atomic E-state index is 4.96. The maximum Gasteiger partial charge on any atom is 0.0572 e. The Morgan fingerprint density at radius 1 is 1.25 bits per heavy atom. The van der Waals surface area contributed by atoms with E-state index in [9.17, 15) is 0 Å². The first-order chi connectivity index (χ1) is 5.90. The highest BCUT2D eigenvalue weighted by Gasteiger charge is 2.33. The molecule has 1 saturated carbocycles. The molecule has 0 aromatic rings. The minimum atomic E-state index is 0.594. The summed E-state index contributed by atoms with van der Waals surface area (Å²) < 4.78 is 0. The normalized spacial score (nSPS) is 41.2. The molecule has 0 bridgehead atoms. The van der Waals surface area contributed by atoms with E-state index >= 15 is 0 Å². The second-order valence-electron chi connectivity index (χ2n) is 4.01. The Hall–Kier alpha value is -0.120. The average Bonchev–Trinajstić information content (AvgIpc) is 2.51. The Morgan fingerprint density at radius 3 is 2.92 bits per heavy atom. The number of rotatable bonds is 2. The van der Waals surface area contributed by atoms with Crippen LogP contribution in [-0.2, 0) is 4.84 Å². The standard InChI is InChI=1S/C9H18N2O/c1-12-11-9-3-2-7-5-10-6-8(7)4-9/h7-11H,2-6H2,1H3. The average molecular weight is 170 g/mol. The van der Waals surface area contributed by atoms with Gasteiger partial charge in [0.25, 0.3) is 0 Å². The first-order valence-electron chi connectivity index (χ1n) is 4.89. The molecule has 0 aromatic heterocycles. The van der Waals surface area contributed by atoms with Crippen LogP contribution in [0.5, 0.6) is 0 Å². The zero-order valence-electron chi connectivity index (χ0n) is 7.68. The Labute approximate surface area is 73.8 Å². The molecule has 70 valence electrons. The molecule has 2 rings (SSSR count). The fourth-order valence-corrected chi connectivity index (χ4v) is 2.57. The van der Waals surface area contributed by atoms with Crippen molar-refractivity contribution in [2.45, 2.75) is 25.3 Å². The second kappa shape index (κ2) is 3.73. The van der Waals surface area contributed by atoms with Crippen LogP contribution in [0.1, 0.15) is 19.3 Å². The minimum Gasteiger partial charge on any atom is -0.316 e. The Bertz CT molecular complexity index is 151. The Morgan fingerprint density at radius 2 is 2.08 bits per heavy atom. The SMILES string of the molecule is CONC1CCC2CNCC2C1. The van der Waals surface area contributed by atoms with Gasteiger partial charge in [-0.1, -0.05) is 0 Å². The van der Waals surface area contributed by atoms with E-state index in [4.69, 9.17) is 4.84 Å². The van der Waals surface area contributed by atoms with E-state index < -0.39 is 0 Å². The fourth-order valence-electron chi connectivity index (χ4n) is 2.57. The molecule has 1 heterocycles. The van der Waals surface area contributed by atoms with E-state index in [0.29, 0.717) is 6.04 Å². The van der Waals surface area contributed by atoms with Gasteiger partial charge in [0.15, 0.2) is 0 Å². The first kappa shape index (κ1) is 8.48. The highest BCUT2D eigenvalue weighted by molar-refractivity contribution is 4.88. The number of nitrogens with one attached hydrogen (secondary N) is 2. The van der Waals surface area contributed by atoms with Crippen LogP contribution in [0.15, 0.2) is 0 Å². The van der Waals surface area contributed by atoms with Crippen molar-refractivity contribution in [1.29, 1.82) is 0 Å². The lowest BCUT2D eigenvalue weighted by Crippen LogP contribution is -2.36. The lowest BCUT2D eigenvalue weighted by molar-refractivity contribution is 0.0360. The number of fused-ring (bicyclic) bond motifs is 1. The summed E-state index contributed by atoms with van der Waals surface area (Å²) in [5, 5.41) is 3.46. The highest BCUT2D eigenvalue weighted by atomic mass is 16.6. The van der Waals surface area contributed by atoms with Gasteiger partial charge in [-0.15, -0.1) is 0 Å². The number of hydrogen-bond donors (Lipinski definition) is 2. The van der Waals surface area contributed by atoms with E-state index in [1.54, 1.807) is 7.11 Å². The summed E-state index contributed by atoms with van der Waals surface area (Å²) in [4.78, 5) is 4.96. The zero-order valence-corrected chi connectivity index (χ0v) is 7.68. The van der Waals surface area contributed by atoms with Crippen LogP contribution in [0.2, 0.25) is 0 Å². The molecule has 2 N–H and O–H groups in total. The monoisotopic (exact) mass is 170 g/mol. The number of hydrogen-bond acceptors (Lipinski definition) is 3. The van der Waals surface area contributed by atoms with Gasteiger partial charge in [0.05, 0.1) is 7.11 Å². The molecule has 1 aliphatic carbocycles. The van der Waals surface area contributed by atoms with Crippen LogP contribution in [-0.4, -0.2) is 26.2 Å². The molecule has 0 amide bonds. The van der Waals surface area contributed by atoms with Gasteiger partial charge in [-0.3, -0.25) is 0 Å². The summed E-state index contributed by atoms with van der Waals surface area (Å²) >= 11 is 0. The second-order valence-corrected chi connectivity index (χ2v) is 4.01. The van der Waals surface area contributed by atoms with Crippen molar-refractivity contribution in [2.75, 3.05) is 20.2 Å². The quantitative estimate of drug-likeness (QED) is 0.593. The summed E-state index contributed by atoms with van der Waals surface area (Å²) in [5.74, 6) is 1.84. The largest absolute Gasteiger partial charge is 0.316 e. The molecule has 3 unspecified atom stereocenters. The first-order valence-corrected chi connectivity index (χ1v) is 4.89. The van der Waals surface area contributed by atoms with E-state index in [-0.39, 0.29) is 0 Å². The summed E-state index contributed by atoms with van der Waals surface area (Å²) in [6.45, 7) is 2.46. The predicted octanol–water partition coefficient (Wildman–Crippen LogP) is 0.526. The molecule has 2 fully saturated rings. The van der Waals surface area contributed by atoms with Crippen molar-refractivity contribution in [3.05, 3.63) is 0 Å². The molecule has 0 radical (unpaired) electrons. The summed E-state index contributed by atoms with van der Waals surface area (Å²) in [7, 11) is 1.71. The van der Waals surface area contributed by atoms with Crippen LogP contribution >= 0.6 is 0 Å². The van der Waals surface area contributed by atoms with Gasteiger partial charge >= 0.3 is 0 Å². The van der Waals surface area contributed by atoms with Crippen LogP contribution in [0.4, 0.5) is 0 Å². The molecule has 3 heteroatoms.